The first-order valence-corrected chi connectivity index (χ1v) is 10.5. The summed E-state index contributed by atoms with van der Waals surface area (Å²) in [5, 5.41) is 21.4. The van der Waals surface area contributed by atoms with E-state index in [1.54, 1.807) is 4.90 Å². The lowest BCUT2D eigenvalue weighted by Gasteiger charge is -2.26. The van der Waals surface area contributed by atoms with Crippen LogP contribution in [0.5, 0.6) is 0 Å². The zero-order valence-corrected chi connectivity index (χ0v) is 16.9. The molecule has 0 aromatic heterocycles. The van der Waals surface area contributed by atoms with Gasteiger partial charge < -0.3 is 26.0 Å². The van der Waals surface area contributed by atoms with Crippen LogP contribution in [0, 0.1) is 0 Å². The highest BCUT2D eigenvalue weighted by molar-refractivity contribution is 7.89. The second-order valence-corrected chi connectivity index (χ2v) is 8.19. The number of amides is 2. The predicted molar refractivity (Wildman–Crippen MR) is 107 cm³/mol. The van der Waals surface area contributed by atoms with Crippen LogP contribution >= 0.6 is 12.2 Å². The summed E-state index contributed by atoms with van der Waals surface area (Å²) in [5.41, 5.74) is 0.529. The molecule has 13 heteroatoms. The van der Waals surface area contributed by atoms with Crippen molar-refractivity contribution in [3.8, 4) is 0 Å². The van der Waals surface area contributed by atoms with Crippen LogP contribution in [0.15, 0.2) is 29.2 Å². The van der Waals surface area contributed by atoms with Crippen LogP contribution in [-0.4, -0.2) is 67.0 Å². The second-order valence-electron chi connectivity index (χ2n) is 6.24. The van der Waals surface area contributed by atoms with Gasteiger partial charge >= 0.3 is 5.97 Å². The Hall–Kier alpha value is -2.77. The molecule has 1 aromatic carbocycles. The maximum absolute atomic E-state index is 12.4. The fraction of sp³-hybridized carbons (Fsp3) is 0.375. The Morgan fingerprint density at radius 3 is 2.41 bits per heavy atom. The van der Waals surface area contributed by atoms with Crippen molar-refractivity contribution in [2.24, 2.45) is 5.14 Å². The van der Waals surface area contributed by atoms with Crippen LogP contribution < -0.4 is 21.1 Å². The molecule has 0 radical (unpaired) electrons. The molecule has 1 atom stereocenters. The Balaban J connectivity index is 1.92. The lowest BCUT2D eigenvalue weighted by molar-refractivity contribution is -0.137. The number of carboxylic acid groups (broad SMARTS) is 1. The molecule has 1 fully saturated rings. The zero-order valence-electron chi connectivity index (χ0n) is 15.3. The molecule has 0 spiro atoms. The Bertz CT molecular complexity index is 903. The number of carboxylic acids is 1. The first-order chi connectivity index (χ1) is 13.6. The van der Waals surface area contributed by atoms with Gasteiger partial charge in [-0.25, -0.2) is 13.6 Å². The molecular formula is C16H21N5O6S2. The van der Waals surface area contributed by atoms with E-state index in [0.29, 0.717) is 18.7 Å². The minimum atomic E-state index is -3.80. The third kappa shape index (κ3) is 6.66. The predicted octanol–water partition coefficient (Wildman–Crippen LogP) is -1.19. The van der Waals surface area contributed by atoms with Gasteiger partial charge in [-0.15, -0.1) is 0 Å². The summed E-state index contributed by atoms with van der Waals surface area (Å²) in [5.74, 6) is -2.19. The normalized spacial score (nSPS) is 16.2. The molecule has 0 aliphatic carbocycles. The van der Waals surface area contributed by atoms with Crippen LogP contribution in [0.4, 0.5) is 5.69 Å². The highest BCUT2D eigenvalue weighted by atomic mass is 32.2. The van der Waals surface area contributed by atoms with Crippen LogP contribution in [0.1, 0.15) is 12.8 Å². The lowest BCUT2D eigenvalue weighted by atomic mass is 10.2. The molecule has 1 heterocycles. The van der Waals surface area contributed by atoms with E-state index in [1.165, 1.54) is 24.3 Å². The van der Waals surface area contributed by atoms with Gasteiger partial charge in [-0.2, -0.15) is 0 Å². The maximum Gasteiger partial charge on any atom is 0.322 e. The Morgan fingerprint density at radius 2 is 1.83 bits per heavy atom. The van der Waals surface area contributed by atoms with E-state index in [1.807, 2.05) is 0 Å². The number of carbonyl (C=O) groups is 3. The van der Waals surface area contributed by atoms with E-state index in [0.717, 1.165) is 6.42 Å². The number of nitrogens with one attached hydrogen (secondary N) is 3. The molecular weight excluding hydrogens is 422 g/mol. The van der Waals surface area contributed by atoms with Gasteiger partial charge in [0, 0.05) is 12.2 Å². The van der Waals surface area contributed by atoms with E-state index >= 15 is 0 Å². The number of carbonyl (C=O) groups excluding carboxylic acids is 2. The van der Waals surface area contributed by atoms with Crippen LogP contribution in [0.2, 0.25) is 0 Å². The Kier molecular flexibility index (Phi) is 7.47. The molecule has 11 nitrogen and oxygen atoms in total. The highest BCUT2D eigenvalue weighted by Gasteiger charge is 2.32. The fourth-order valence-electron chi connectivity index (χ4n) is 2.73. The van der Waals surface area contributed by atoms with Crippen LogP contribution in [0.3, 0.4) is 0 Å². The zero-order chi connectivity index (χ0) is 21.6. The number of rotatable bonds is 7. The van der Waals surface area contributed by atoms with Gasteiger partial charge in [0.2, 0.25) is 21.8 Å². The van der Waals surface area contributed by atoms with Crippen LogP contribution in [0.25, 0.3) is 0 Å². The molecule has 1 saturated heterocycles. The van der Waals surface area contributed by atoms with Crippen molar-refractivity contribution < 1.29 is 27.9 Å². The number of nitrogens with zero attached hydrogens (tertiary/aromatic N) is 1. The fourth-order valence-corrected chi connectivity index (χ4v) is 3.58. The molecule has 2 rings (SSSR count). The molecule has 158 valence electrons. The maximum atomic E-state index is 12.4. The van der Waals surface area contributed by atoms with Gasteiger partial charge in [0.25, 0.3) is 0 Å². The first-order valence-electron chi connectivity index (χ1n) is 8.54. The summed E-state index contributed by atoms with van der Waals surface area (Å²) < 4.78 is 22.6. The van der Waals surface area contributed by atoms with Gasteiger partial charge in [0.1, 0.15) is 12.6 Å². The van der Waals surface area contributed by atoms with Gasteiger partial charge in [-0.1, -0.05) is 0 Å². The molecule has 1 aliphatic heterocycles. The van der Waals surface area contributed by atoms with Crippen LogP contribution in [-0.2, 0) is 24.4 Å². The van der Waals surface area contributed by atoms with Crippen molar-refractivity contribution >= 4 is 50.8 Å². The molecule has 0 unspecified atom stereocenters. The van der Waals surface area contributed by atoms with E-state index in [-0.39, 0.29) is 16.6 Å². The number of anilines is 1. The standard InChI is InChI=1S/C16H21N5O6S2/c17-29(26,27)11-5-3-10(4-6-11)20-16(28)21-7-1-2-12(21)15(25)19-8-13(22)18-9-14(23)24/h3-6,12H,1-2,7-9H2,(H,18,22)(H,19,25)(H,20,28)(H,23,24)(H2,17,26,27)/t12-/m0/s1. The van der Waals surface area contributed by atoms with E-state index in [9.17, 15) is 22.8 Å². The average Bonchev–Trinajstić information content (AvgIpc) is 3.14. The van der Waals surface area contributed by atoms with Crippen molar-refractivity contribution in [2.45, 2.75) is 23.8 Å². The number of benzene rings is 1. The van der Waals surface area contributed by atoms with Gasteiger partial charge in [0.05, 0.1) is 11.4 Å². The lowest BCUT2D eigenvalue weighted by Crippen LogP contribution is -2.49. The topological polar surface area (TPSA) is 171 Å². The summed E-state index contributed by atoms with van der Waals surface area (Å²) in [4.78, 5) is 36.0. The number of aliphatic carboxylic acids is 1. The quantitative estimate of drug-likeness (QED) is 0.325. The Labute approximate surface area is 172 Å². The summed E-state index contributed by atoms with van der Waals surface area (Å²) >= 11 is 5.35. The monoisotopic (exact) mass is 443 g/mol. The van der Waals surface area contributed by atoms with E-state index < -0.39 is 40.4 Å². The largest absolute Gasteiger partial charge is 0.480 e. The summed E-state index contributed by atoms with van der Waals surface area (Å²) in [6.07, 6.45) is 1.25. The molecule has 6 N–H and O–H groups in total. The van der Waals surface area contributed by atoms with Crippen molar-refractivity contribution in [1.82, 2.24) is 15.5 Å². The molecule has 1 aliphatic rings. The summed E-state index contributed by atoms with van der Waals surface area (Å²) in [6, 6.07) is 5.11. The van der Waals surface area contributed by atoms with Crippen molar-refractivity contribution in [3.63, 3.8) is 0 Å². The number of thiocarbonyl (C=S) groups is 1. The van der Waals surface area contributed by atoms with Crippen molar-refractivity contribution in [2.75, 3.05) is 25.0 Å². The second kappa shape index (κ2) is 9.62. The minimum absolute atomic E-state index is 0.0337. The summed E-state index contributed by atoms with van der Waals surface area (Å²) in [6.45, 7) is -0.335. The minimum Gasteiger partial charge on any atom is -0.480 e. The van der Waals surface area contributed by atoms with Crippen molar-refractivity contribution in [1.29, 1.82) is 0 Å². The Morgan fingerprint density at radius 1 is 1.17 bits per heavy atom. The number of nitrogens with two attached hydrogens (primary N) is 1. The van der Waals surface area contributed by atoms with Gasteiger partial charge in [0.15, 0.2) is 5.11 Å². The van der Waals surface area contributed by atoms with Gasteiger partial charge in [-0.05, 0) is 49.3 Å². The first kappa shape index (κ1) is 22.5. The molecule has 29 heavy (non-hydrogen) atoms. The molecule has 1 aromatic rings. The smallest absolute Gasteiger partial charge is 0.322 e. The molecule has 0 saturated carbocycles. The number of primary sulfonamides is 1. The third-order valence-electron chi connectivity index (χ3n) is 4.11. The SMILES string of the molecule is NS(=O)(=O)c1ccc(NC(=S)N2CCC[C@H]2C(=O)NCC(=O)NCC(=O)O)cc1. The third-order valence-corrected chi connectivity index (χ3v) is 5.38. The summed E-state index contributed by atoms with van der Waals surface area (Å²) in [7, 11) is -3.80. The highest BCUT2D eigenvalue weighted by Crippen LogP contribution is 2.20. The van der Waals surface area contributed by atoms with Crippen molar-refractivity contribution in [3.05, 3.63) is 24.3 Å². The number of hydrogen-bond acceptors (Lipinski definition) is 6. The molecule has 2 amide bonds. The van der Waals surface area contributed by atoms with E-state index in [4.69, 9.17) is 22.5 Å². The average molecular weight is 444 g/mol. The van der Waals surface area contributed by atoms with Gasteiger partial charge in [-0.3, -0.25) is 14.4 Å². The number of sulfonamides is 1. The number of likely N-dealkylation sites (tertiary alicyclic amines) is 1. The molecule has 0 bridgehead atoms. The van der Waals surface area contributed by atoms with E-state index in [2.05, 4.69) is 16.0 Å². The number of hydrogen-bond donors (Lipinski definition) is 5.